The van der Waals surface area contributed by atoms with Gasteiger partial charge in [-0.05, 0) is 151 Å². The van der Waals surface area contributed by atoms with Crippen molar-refractivity contribution in [1.29, 1.82) is 0 Å². The minimum atomic E-state index is -0.136. The molecule has 6 aliphatic rings. The number of benzene rings is 8. The van der Waals surface area contributed by atoms with Crippen LogP contribution in [0, 0.1) is 0 Å². The second-order valence-corrected chi connectivity index (χ2v) is 24.6. The Morgan fingerprint density at radius 3 is 0.957 bits per heavy atom. The summed E-state index contributed by atoms with van der Waals surface area (Å²) < 4.78 is 28.9. The molecule has 6 nitrogen and oxygen atoms in total. The van der Waals surface area contributed by atoms with Crippen LogP contribution in [0.1, 0.15) is 105 Å². The van der Waals surface area contributed by atoms with Gasteiger partial charge in [0.25, 0.3) is 13.4 Å². The van der Waals surface area contributed by atoms with Crippen LogP contribution in [0.15, 0.2) is 121 Å². The van der Waals surface area contributed by atoms with Crippen LogP contribution in [0.5, 0.6) is 46.0 Å². The third-order valence-corrected chi connectivity index (χ3v) is 15.9. The third-order valence-electron chi connectivity index (χ3n) is 15.9. The van der Waals surface area contributed by atoms with Crippen molar-refractivity contribution < 1.29 is 18.9 Å². The smallest absolute Gasteiger partial charge is 0.266 e. The summed E-state index contributed by atoms with van der Waals surface area (Å²) in [5, 5.41) is 2.18. The Morgan fingerprint density at radius 2 is 0.629 bits per heavy atom. The van der Waals surface area contributed by atoms with Crippen LogP contribution in [0.4, 0.5) is 34.1 Å². The second-order valence-electron chi connectivity index (χ2n) is 24.6. The zero-order chi connectivity index (χ0) is 48.3. The van der Waals surface area contributed by atoms with E-state index in [0.29, 0.717) is 0 Å². The average molecular weight is 915 g/mol. The molecular formula is C62H56B2N2O4. The molecule has 0 bridgehead atoms. The standard InChI is InChI=1S/C62H56B2N2O4/c1-59(2,3)33-19-23-37(24-20-33)65-41-15-13-17-43-51(41)63-53-45(67-43)27-35(61(7,8)9)29-47(53)69-49-32-40-39(57(65)55(49)63)31-50-56-58(40)66(38-25-21-34(22-26-38)60(4,5)6)42-16-14-18-44-52(42)64(56)54-46(68-44)28-36(62(10,11)12)30-48(54)70-50/h13-32H,1-12H3. The van der Waals surface area contributed by atoms with Crippen LogP contribution in [-0.4, -0.2) is 13.4 Å². The Balaban J connectivity index is 1.13. The molecule has 0 aromatic heterocycles. The van der Waals surface area contributed by atoms with Crippen molar-refractivity contribution in [3.8, 4) is 46.0 Å². The molecule has 0 spiro atoms. The van der Waals surface area contributed by atoms with Crippen LogP contribution >= 0.6 is 0 Å². The van der Waals surface area contributed by atoms with Gasteiger partial charge in [-0.1, -0.05) is 119 Å². The SMILES string of the molecule is CC(C)(C)c1ccc(N2c3cccc4c3B3c5c(cc(C(C)(C)C)cc5Oc5cc6c7c8c(cc6c2c53)Oc2cc(C(C)(C)C)cc3c2B8c2c(cccc2N7c2ccc(C(C)(C)C)cc2)O3)O4)cc1. The Bertz CT molecular complexity index is 3420. The molecule has 8 aromatic rings. The van der Waals surface area contributed by atoms with Crippen molar-refractivity contribution in [2.24, 2.45) is 0 Å². The van der Waals surface area contributed by atoms with Crippen molar-refractivity contribution >= 4 is 91.1 Å². The van der Waals surface area contributed by atoms with Gasteiger partial charge in [-0.3, -0.25) is 0 Å². The number of nitrogens with zero attached hydrogens (tertiary/aromatic N) is 2. The molecule has 6 heterocycles. The van der Waals surface area contributed by atoms with Crippen molar-refractivity contribution in [3.05, 3.63) is 144 Å². The molecule has 0 saturated heterocycles. The Morgan fingerprint density at radius 1 is 0.314 bits per heavy atom. The first-order valence-electron chi connectivity index (χ1n) is 25.1. The summed E-state index contributed by atoms with van der Waals surface area (Å²) in [7, 11) is 0. The van der Waals surface area contributed by atoms with Crippen molar-refractivity contribution in [2.75, 3.05) is 9.80 Å². The molecule has 0 radical (unpaired) electrons. The fourth-order valence-electron chi connectivity index (χ4n) is 12.2. The topological polar surface area (TPSA) is 43.4 Å². The van der Waals surface area contributed by atoms with E-state index in [0.717, 1.165) is 124 Å². The number of anilines is 6. The zero-order valence-electron chi connectivity index (χ0n) is 42.2. The summed E-state index contributed by atoms with van der Waals surface area (Å²) in [6.07, 6.45) is 0. The first-order valence-corrected chi connectivity index (χ1v) is 25.1. The summed E-state index contributed by atoms with van der Waals surface area (Å²) in [5.41, 5.74) is 17.9. The summed E-state index contributed by atoms with van der Waals surface area (Å²) >= 11 is 0. The van der Waals surface area contributed by atoms with Gasteiger partial charge in [0.2, 0.25) is 0 Å². The monoisotopic (exact) mass is 914 g/mol. The van der Waals surface area contributed by atoms with Gasteiger partial charge in [0.15, 0.2) is 0 Å². The summed E-state index contributed by atoms with van der Waals surface area (Å²) in [6, 6.07) is 45.2. The minimum Gasteiger partial charge on any atom is -0.458 e. The van der Waals surface area contributed by atoms with Gasteiger partial charge in [-0.2, -0.15) is 0 Å². The molecule has 0 amide bonds. The maximum atomic E-state index is 7.45. The van der Waals surface area contributed by atoms with Crippen molar-refractivity contribution in [2.45, 2.75) is 105 Å². The summed E-state index contributed by atoms with van der Waals surface area (Å²) in [5.74, 6) is 6.90. The fraction of sp³-hybridized carbons (Fsp3) is 0.258. The quantitative estimate of drug-likeness (QED) is 0.161. The average Bonchev–Trinajstić information content (AvgIpc) is 3.30. The largest absolute Gasteiger partial charge is 0.458 e. The predicted molar refractivity (Wildman–Crippen MR) is 291 cm³/mol. The van der Waals surface area contributed by atoms with Crippen molar-refractivity contribution in [3.63, 3.8) is 0 Å². The third kappa shape index (κ3) is 5.65. The zero-order valence-corrected chi connectivity index (χ0v) is 42.2. The lowest BCUT2D eigenvalue weighted by atomic mass is 9.32. The molecule has 6 aliphatic heterocycles. The van der Waals surface area contributed by atoms with Gasteiger partial charge >= 0.3 is 0 Å². The molecule has 8 aromatic carbocycles. The van der Waals surface area contributed by atoms with Crippen LogP contribution in [-0.2, 0) is 21.7 Å². The van der Waals surface area contributed by atoms with Gasteiger partial charge in [0.05, 0.1) is 11.4 Å². The van der Waals surface area contributed by atoms with Gasteiger partial charge < -0.3 is 28.7 Å². The molecule has 8 heteroatoms. The number of fused-ring (bicyclic) bond motifs is 3. The van der Waals surface area contributed by atoms with Crippen LogP contribution in [0.2, 0.25) is 0 Å². The molecule has 0 aliphatic carbocycles. The molecule has 0 atom stereocenters. The van der Waals surface area contributed by atoms with Crippen LogP contribution in [0.25, 0.3) is 10.8 Å². The normalized spacial score (nSPS) is 15.2. The molecule has 70 heavy (non-hydrogen) atoms. The highest BCUT2D eigenvalue weighted by molar-refractivity contribution is 7.02. The molecule has 0 N–H and O–H groups in total. The molecule has 14 rings (SSSR count). The highest BCUT2D eigenvalue weighted by Gasteiger charge is 2.52. The Hall–Kier alpha value is -7.05. The number of rotatable bonds is 2. The van der Waals surface area contributed by atoms with E-state index >= 15 is 0 Å². The van der Waals surface area contributed by atoms with E-state index in [4.69, 9.17) is 18.9 Å². The number of ether oxygens (including phenoxy) is 4. The number of hydrogen-bond donors (Lipinski definition) is 0. The Labute approximate surface area is 412 Å². The lowest BCUT2D eigenvalue weighted by Crippen LogP contribution is -2.62. The van der Waals surface area contributed by atoms with Gasteiger partial charge in [-0.25, -0.2) is 0 Å². The lowest BCUT2D eigenvalue weighted by Gasteiger charge is -2.46. The highest BCUT2D eigenvalue weighted by atomic mass is 16.5. The molecule has 0 unspecified atom stereocenters. The van der Waals surface area contributed by atoms with Gasteiger partial charge in [0, 0.05) is 44.4 Å². The van der Waals surface area contributed by atoms with Gasteiger partial charge in [0.1, 0.15) is 46.0 Å². The first-order chi connectivity index (χ1) is 33.2. The summed E-state index contributed by atoms with van der Waals surface area (Å²) in [6.45, 7) is 27.0. The maximum absolute atomic E-state index is 7.45. The van der Waals surface area contributed by atoms with E-state index < -0.39 is 0 Å². The highest BCUT2D eigenvalue weighted by Crippen LogP contribution is 2.55. The van der Waals surface area contributed by atoms with E-state index in [1.807, 2.05) is 0 Å². The molecule has 0 fully saturated rings. The maximum Gasteiger partial charge on any atom is 0.266 e. The summed E-state index contributed by atoms with van der Waals surface area (Å²) in [4.78, 5) is 4.96. The van der Waals surface area contributed by atoms with Crippen LogP contribution in [0.3, 0.4) is 0 Å². The van der Waals surface area contributed by atoms with E-state index in [1.165, 1.54) is 22.3 Å². The minimum absolute atomic E-state index is 0.0132. The molecule has 344 valence electrons. The van der Waals surface area contributed by atoms with E-state index in [9.17, 15) is 0 Å². The van der Waals surface area contributed by atoms with E-state index in [-0.39, 0.29) is 35.1 Å². The molecule has 0 saturated carbocycles. The first kappa shape index (κ1) is 41.9. The predicted octanol–water partition coefficient (Wildman–Crippen LogP) is 13.1. The lowest BCUT2D eigenvalue weighted by molar-refractivity contribution is 0.457. The van der Waals surface area contributed by atoms with Gasteiger partial charge in [-0.15, -0.1) is 0 Å². The fourth-order valence-corrected chi connectivity index (χ4v) is 12.2. The Kier molecular flexibility index (Phi) is 8.03. The second kappa shape index (κ2) is 13.4. The molecular weight excluding hydrogens is 858 g/mol. The van der Waals surface area contributed by atoms with E-state index in [2.05, 4.69) is 214 Å². The van der Waals surface area contributed by atoms with Crippen LogP contribution < -0.4 is 61.5 Å². The van der Waals surface area contributed by atoms with Crippen molar-refractivity contribution in [1.82, 2.24) is 0 Å². The number of hydrogen-bond acceptors (Lipinski definition) is 6. The van der Waals surface area contributed by atoms with E-state index in [1.54, 1.807) is 0 Å².